The van der Waals surface area contributed by atoms with E-state index in [2.05, 4.69) is 14.8 Å². The SMILES string of the molecule is COC(=O)C[C@H](NC(=O)c1cc([N+](=O)[O-])cc([N+](=O)[O-])c1)C(=O)OC. The fourth-order valence-electron chi connectivity index (χ4n) is 1.76. The standard InChI is InChI=1S/C13H13N3O9/c1-24-11(17)6-10(13(19)25-2)14-12(18)7-3-8(15(20)21)5-9(4-7)16(22)23/h3-5,10H,6H2,1-2H3,(H,14,18)/t10-/m0/s1. The number of carbonyl (C=O) groups is 3. The predicted molar refractivity (Wildman–Crippen MR) is 79.7 cm³/mol. The van der Waals surface area contributed by atoms with Crippen LogP contribution in [0.4, 0.5) is 11.4 Å². The normalized spacial score (nSPS) is 11.1. The third-order valence-electron chi connectivity index (χ3n) is 2.98. The van der Waals surface area contributed by atoms with Crippen LogP contribution in [0.3, 0.4) is 0 Å². The van der Waals surface area contributed by atoms with E-state index in [1.54, 1.807) is 0 Å². The number of methoxy groups -OCH3 is 2. The molecule has 0 aliphatic heterocycles. The lowest BCUT2D eigenvalue weighted by molar-refractivity contribution is -0.394. The Labute approximate surface area is 140 Å². The molecule has 0 saturated carbocycles. The van der Waals surface area contributed by atoms with Crippen LogP contribution in [-0.2, 0) is 19.1 Å². The highest BCUT2D eigenvalue weighted by Gasteiger charge is 2.27. The van der Waals surface area contributed by atoms with E-state index < -0.39 is 57.1 Å². The van der Waals surface area contributed by atoms with Crippen LogP contribution in [0, 0.1) is 20.2 Å². The summed E-state index contributed by atoms with van der Waals surface area (Å²) in [5.41, 5.74) is -1.79. The van der Waals surface area contributed by atoms with Gasteiger partial charge in [-0.3, -0.25) is 29.8 Å². The Morgan fingerprint density at radius 3 is 1.96 bits per heavy atom. The minimum absolute atomic E-state index is 0.431. The van der Waals surface area contributed by atoms with E-state index in [0.29, 0.717) is 6.07 Å². The number of esters is 2. The molecule has 0 aliphatic carbocycles. The molecule has 134 valence electrons. The summed E-state index contributed by atoms with van der Waals surface area (Å²) in [5, 5.41) is 23.8. The highest BCUT2D eigenvalue weighted by Crippen LogP contribution is 2.22. The van der Waals surface area contributed by atoms with E-state index in [-0.39, 0.29) is 0 Å². The summed E-state index contributed by atoms with van der Waals surface area (Å²) >= 11 is 0. The Hall–Kier alpha value is -3.57. The van der Waals surface area contributed by atoms with E-state index in [1.165, 1.54) is 0 Å². The Morgan fingerprint density at radius 1 is 1.04 bits per heavy atom. The smallest absolute Gasteiger partial charge is 0.328 e. The fourth-order valence-corrected chi connectivity index (χ4v) is 1.76. The van der Waals surface area contributed by atoms with Gasteiger partial charge in [-0.1, -0.05) is 0 Å². The number of amides is 1. The molecule has 1 N–H and O–H groups in total. The van der Waals surface area contributed by atoms with Crippen molar-refractivity contribution in [3.8, 4) is 0 Å². The molecule has 25 heavy (non-hydrogen) atoms. The summed E-state index contributed by atoms with van der Waals surface area (Å²) in [6.07, 6.45) is -0.550. The van der Waals surface area contributed by atoms with Crippen molar-refractivity contribution in [2.24, 2.45) is 0 Å². The second kappa shape index (κ2) is 8.33. The average Bonchev–Trinajstić information content (AvgIpc) is 2.59. The molecule has 0 fully saturated rings. The van der Waals surface area contributed by atoms with E-state index in [1.807, 2.05) is 0 Å². The molecule has 0 radical (unpaired) electrons. The van der Waals surface area contributed by atoms with Gasteiger partial charge in [0.25, 0.3) is 17.3 Å². The van der Waals surface area contributed by atoms with Crippen molar-refractivity contribution in [2.45, 2.75) is 12.5 Å². The van der Waals surface area contributed by atoms with Gasteiger partial charge in [0.1, 0.15) is 6.04 Å². The number of rotatable bonds is 7. The Morgan fingerprint density at radius 2 is 1.56 bits per heavy atom. The number of nitrogens with zero attached hydrogens (tertiary/aromatic N) is 2. The monoisotopic (exact) mass is 355 g/mol. The first-order valence-corrected chi connectivity index (χ1v) is 6.59. The summed E-state index contributed by atoms with van der Waals surface area (Å²) in [6, 6.07) is 0.857. The number of hydrogen-bond donors (Lipinski definition) is 1. The van der Waals surface area contributed by atoms with Crippen molar-refractivity contribution < 1.29 is 33.7 Å². The number of nitro groups is 2. The molecule has 12 nitrogen and oxygen atoms in total. The van der Waals surface area contributed by atoms with E-state index >= 15 is 0 Å². The fraction of sp³-hybridized carbons (Fsp3) is 0.308. The van der Waals surface area contributed by atoms with Gasteiger partial charge in [0.15, 0.2) is 0 Å². The maximum atomic E-state index is 12.2. The first-order chi connectivity index (χ1) is 11.7. The highest BCUT2D eigenvalue weighted by molar-refractivity contribution is 5.98. The molecule has 1 aromatic carbocycles. The quantitative estimate of drug-likeness (QED) is 0.411. The van der Waals surface area contributed by atoms with Crippen molar-refractivity contribution in [3.05, 3.63) is 44.0 Å². The number of carbonyl (C=O) groups excluding carboxylic acids is 3. The third-order valence-corrected chi connectivity index (χ3v) is 2.98. The Kier molecular flexibility index (Phi) is 6.49. The van der Waals surface area contributed by atoms with Crippen LogP contribution in [0.5, 0.6) is 0 Å². The molecule has 12 heteroatoms. The largest absolute Gasteiger partial charge is 0.469 e. The van der Waals surface area contributed by atoms with Gasteiger partial charge in [-0.15, -0.1) is 0 Å². The van der Waals surface area contributed by atoms with Gasteiger partial charge in [-0.2, -0.15) is 0 Å². The molecule has 0 aliphatic rings. The van der Waals surface area contributed by atoms with Crippen LogP contribution in [0.15, 0.2) is 18.2 Å². The van der Waals surface area contributed by atoms with Crippen LogP contribution in [0.2, 0.25) is 0 Å². The number of non-ortho nitro benzene ring substituents is 2. The molecule has 0 spiro atoms. The van der Waals surface area contributed by atoms with Crippen LogP contribution < -0.4 is 5.32 Å². The topological polar surface area (TPSA) is 168 Å². The van der Waals surface area contributed by atoms with Crippen molar-refractivity contribution in [2.75, 3.05) is 14.2 Å². The molecule has 0 bridgehead atoms. The summed E-state index contributed by atoms with van der Waals surface area (Å²) in [7, 11) is 2.10. The number of ether oxygens (including phenoxy) is 2. The van der Waals surface area contributed by atoms with Crippen LogP contribution >= 0.6 is 0 Å². The lowest BCUT2D eigenvalue weighted by Gasteiger charge is -2.15. The van der Waals surface area contributed by atoms with Crippen LogP contribution in [-0.4, -0.2) is 48.0 Å². The minimum Gasteiger partial charge on any atom is -0.469 e. The zero-order valence-corrected chi connectivity index (χ0v) is 13.1. The molecule has 0 saturated heterocycles. The molecule has 0 aromatic heterocycles. The maximum Gasteiger partial charge on any atom is 0.328 e. The van der Waals surface area contributed by atoms with Crippen molar-refractivity contribution >= 4 is 29.2 Å². The molecule has 1 rings (SSSR count). The number of benzene rings is 1. The zero-order chi connectivity index (χ0) is 19.1. The summed E-state index contributed by atoms with van der Waals surface area (Å²) in [4.78, 5) is 54.9. The summed E-state index contributed by atoms with van der Waals surface area (Å²) in [6.45, 7) is 0. The maximum absolute atomic E-state index is 12.2. The molecular formula is C13H13N3O9. The number of hydrogen-bond acceptors (Lipinski definition) is 9. The van der Waals surface area contributed by atoms with E-state index in [0.717, 1.165) is 26.4 Å². The lowest BCUT2D eigenvalue weighted by Crippen LogP contribution is -2.43. The second-order valence-electron chi connectivity index (χ2n) is 4.58. The summed E-state index contributed by atoms with van der Waals surface area (Å²) in [5.74, 6) is -2.81. The van der Waals surface area contributed by atoms with Gasteiger partial charge < -0.3 is 14.8 Å². The first kappa shape index (κ1) is 19.5. The predicted octanol–water partition coefficient (Wildman–Crippen LogP) is 0.337. The van der Waals surface area contributed by atoms with Gasteiger partial charge >= 0.3 is 11.9 Å². The van der Waals surface area contributed by atoms with E-state index in [4.69, 9.17) is 0 Å². The number of nitrogens with one attached hydrogen (secondary N) is 1. The molecule has 0 heterocycles. The molecule has 1 amide bonds. The third kappa shape index (κ3) is 5.23. The average molecular weight is 355 g/mol. The second-order valence-corrected chi connectivity index (χ2v) is 4.58. The molecule has 0 unspecified atom stereocenters. The Bertz CT molecular complexity index is 699. The van der Waals surface area contributed by atoms with Gasteiger partial charge in [0.05, 0.1) is 42.1 Å². The van der Waals surface area contributed by atoms with Crippen LogP contribution in [0.1, 0.15) is 16.8 Å². The molecule has 1 atom stereocenters. The van der Waals surface area contributed by atoms with Gasteiger partial charge in [0.2, 0.25) is 0 Å². The van der Waals surface area contributed by atoms with Gasteiger partial charge in [0, 0.05) is 12.1 Å². The van der Waals surface area contributed by atoms with Crippen molar-refractivity contribution in [1.29, 1.82) is 0 Å². The van der Waals surface area contributed by atoms with Gasteiger partial charge in [-0.25, -0.2) is 4.79 Å². The van der Waals surface area contributed by atoms with Crippen molar-refractivity contribution in [1.82, 2.24) is 5.32 Å². The summed E-state index contributed by atoms with van der Waals surface area (Å²) < 4.78 is 8.83. The van der Waals surface area contributed by atoms with Crippen LogP contribution in [0.25, 0.3) is 0 Å². The minimum atomic E-state index is -1.43. The zero-order valence-electron chi connectivity index (χ0n) is 13.1. The number of nitro benzene ring substituents is 2. The lowest BCUT2D eigenvalue weighted by atomic mass is 10.1. The first-order valence-electron chi connectivity index (χ1n) is 6.59. The molecular weight excluding hydrogens is 342 g/mol. The highest BCUT2D eigenvalue weighted by atomic mass is 16.6. The molecule has 1 aromatic rings. The van der Waals surface area contributed by atoms with E-state index in [9.17, 15) is 34.6 Å². The Balaban J connectivity index is 3.15. The van der Waals surface area contributed by atoms with Crippen molar-refractivity contribution in [3.63, 3.8) is 0 Å². The van der Waals surface area contributed by atoms with Gasteiger partial charge in [-0.05, 0) is 0 Å².